The lowest BCUT2D eigenvalue weighted by Gasteiger charge is -2.28. The lowest BCUT2D eigenvalue weighted by atomic mass is 9.82. The zero-order chi connectivity index (χ0) is 19.5. The number of aromatic hydroxyl groups is 1. The molecule has 138 valence electrons. The minimum atomic E-state index is -1.03. The number of aliphatic hydroxyl groups is 1. The second kappa shape index (κ2) is 8.24. The van der Waals surface area contributed by atoms with E-state index in [1.165, 1.54) is 6.08 Å². The third-order valence-corrected chi connectivity index (χ3v) is 5.00. The Balaban J connectivity index is 2.18. The van der Waals surface area contributed by atoms with E-state index in [0.29, 0.717) is 25.9 Å². The summed E-state index contributed by atoms with van der Waals surface area (Å²) in [6.07, 6.45) is 1.92. The van der Waals surface area contributed by atoms with Crippen LogP contribution in [0, 0.1) is 5.41 Å². The molecule has 7 heteroatoms. The summed E-state index contributed by atoms with van der Waals surface area (Å²) in [4.78, 5) is 12.1. The van der Waals surface area contributed by atoms with Gasteiger partial charge in [0, 0.05) is 15.5 Å². The minimum Gasteiger partial charge on any atom is -0.506 e. The molecule has 1 atom stereocenters. The smallest absolute Gasteiger partial charge is 0.248 e. The molecule has 5 N–H and O–H groups in total. The highest BCUT2D eigenvalue weighted by Crippen LogP contribution is 2.42. The van der Waals surface area contributed by atoms with Crippen molar-refractivity contribution in [1.82, 2.24) is 0 Å². The van der Waals surface area contributed by atoms with Crippen LogP contribution in [0.2, 0.25) is 0 Å². The predicted molar refractivity (Wildman–Crippen MR) is 111 cm³/mol. The van der Waals surface area contributed by atoms with E-state index in [4.69, 9.17) is 5.73 Å². The maximum Gasteiger partial charge on any atom is 0.248 e. The second-order valence-corrected chi connectivity index (χ2v) is 8.23. The summed E-state index contributed by atoms with van der Waals surface area (Å²) >= 11 is 6.59. The van der Waals surface area contributed by atoms with Gasteiger partial charge in [-0.05, 0) is 46.3 Å². The van der Waals surface area contributed by atoms with Gasteiger partial charge in [-0.25, -0.2) is 0 Å². The monoisotopic (exact) mass is 482 g/mol. The van der Waals surface area contributed by atoms with Gasteiger partial charge in [-0.15, -0.1) is 0 Å². The molecule has 0 saturated heterocycles. The molecule has 1 amide bonds. The molecule has 2 aromatic carbocycles. The van der Waals surface area contributed by atoms with Gasteiger partial charge >= 0.3 is 0 Å². The van der Waals surface area contributed by atoms with Gasteiger partial charge in [0.25, 0.3) is 0 Å². The third kappa shape index (κ3) is 4.87. The number of para-hydroxylation sites is 2. The van der Waals surface area contributed by atoms with Crippen LogP contribution < -0.4 is 11.1 Å². The minimum absolute atomic E-state index is 0.0383. The quantitative estimate of drug-likeness (QED) is 0.364. The lowest BCUT2D eigenvalue weighted by molar-refractivity contribution is -0.112. The number of benzene rings is 2. The number of nitrogen functional groups attached to an aromatic ring is 1. The van der Waals surface area contributed by atoms with E-state index in [2.05, 4.69) is 37.2 Å². The zero-order valence-electron chi connectivity index (χ0n) is 14.3. The summed E-state index contributed by atoms with van der Waals surface area (Å²) in [7, 11) is 0. The van der Waals surface area contributed by atoms with E-state index in [-0.39, 0.29) is 11.7 Å². The molecule has 0 aliphatic rings. The van der Waals surface area contributed by atoms with Crippen molar-refractivity contribution in [2.24, 2.45) is 5.41 Å². The first kappa shape index (κ1) is 20.5. The van der Waals surface area contributed by atoms with Crippen LogP contribution in [0.4, 0.5) is 11.4 Å². The van der Waals surface area contributed by atoms with Crippen LogP contribution in [0.3, 0.4) is 0 Å². The summed E-state index contributed by atoms with van der Waals surface area (Å²) in [6, 6.07) is 10.3. The summed E-state index contributed by atoms with van der Waals surface area (Å²) in [6.45, 7) is 3.54. The Hall–Kier alpha value is -1.83. The maximum absolute atomic E-state index is 12.1. The van der Waals surface area contributed by atoms with Gasteiger partial charge in [0.05, 0.1) is 22.0 Å². The SMILES string of the molecule is CC(C)(/C=C/C(=O)Nc1ccccc1N)[C@@H](O)c1cc(Br)cc(Br)c1O. The van der Waals surface area contributed by atoms with Gasteiger partial charge in [-0.3, -0.25) is 4.79 Å². The molecule has 0 bridgehead atoms. The van der Waals surface area contributed by atoms with Crippen molar-refractivity contribution in [3.8, 4) is 5.75 Å². The van der Waals surface area contributed by atoms with Crippen molar-refractivity contribution >= 4 is 49.1 Å². The molecule has 0 radical (unpaired) electrons. The van der Waals surface area contributed by atoms with Crippen molar-refractivity contribution in [2.75, 3.05) is 11.1 Å². The first-order valence-electron chi connectivity index (χ1n) is 7.82. The Labute approximate surface area is 169 Å². The first-order valence-corrected chi connectivity index (χ1v) is 9.41. The van der Waals surface area contributed by atoms with Crippen molar-refractivity contribution in [3.05, 3.63) is 63.1 Å². The summed E-state index contributed by atoms with van der Waals surface area (Å²) in [5, 5.41) is 23.6. The number of halogens is 2. The van der Waals surface area contributed by atoms with Crippen molar-refractivity contribution in [3.63, 3.8) is 0 Å². The van der Waals surface area contributed by atoms with E-state index in [1.807, 2.05) is 0 Å². The molecule has 0 heterocycles. The van der Waals surface area contributed by atoms with Crippen LogP contribution in [0.15, 0.2) is 57.5 Å². The molecule has 0 saturated carbocycles. The fourth-order valence-corrected chi connectivity index (χ4v) is 3.62. The second-order valence-electron chi connectivity index (χ2n) is 6.46. The normalized spacial score (nSPS) is 13.0. The highest BCUT2D eigenvalue weighted by atomic mass is 79.9. The van der Waals surface area contributed by atoms with Crippen LogP contribution in [0.1, 0.15) is 25.5 Å². The molecule has 26 heavy (non-hydrogen) atoms. The zero-order valence-corrected chi connectivity index (χ0v) is 17.5. The largest absolute Gasteiger partial charge is 0.506 e. The number of amides is 1. The number of nitrogens with one attached hydrogen (secondary N) is 1. The van der Waals surface area contributed by atoms with E-state index in [0.717, 1.165) is 0 Å². The van der Waals surface area contributed by atoms with Crippen molar-refractivity contribution in [2.45, 2.75) is 20.0 Å². The molecule has 0 aromatic heterocycles. The summed E-state index contributed by atoms with van der Waals surface area (Å²) < 4.78 is 1.19. The molecule has 0 aliphatic carbocycles. The number of anilines is 2. The number of rotatable bonds is 5. The Morgan fingerprint density at radius 3 is 2.58 bits per heavy atom. The first-order chi connectivity index (χ1) is 12.1. The average molecular weight is 484 g/mol. The number of nitrogens with two attached hydrogens (primary N) is 1. The van der Waals surface area contributed by atoms with E-state index in [9.17, 15) is 15.0 Å². The number of aliphatic hydroxyl groups excluding tert-OH is 1. The molecule has 5 nitrogen and oxygen atoms in total. The fraction of sp³-hybridized carbons (Fsp3) is 0.211. The van der Waals surface area contributed by atoms with Crippen LogP contribution in [0.25, 0.3) is 0 Å². The summed E-state index contributed by atoms with van der Waals surface area (Å²) in [5.41, 5.74) is 6.34. The number of phenolic OH excluding ortho intramolecular Hbond substituents is 1. The molecule has 0 fully saturated rings. The number of phenols is 1. The molecule has 2 rings (SSSR count). The van der Waals surface area contributed by atoms with Crippen LogP contribution in [0.5, 0.6) is 5.75 Å². The van der Waals surface area contributed by atoms with Crippen LogP contribution in [-0.2, 0) is 4.79 Å². The summed E-state index contributed by atoms with van der Waals surface area (Å²) in [5.74, 6) is -0.397. The van der Waals surface area contributed by atoms with Crippen LogP contribution in [-0.4, -0.2) is 16.1 Å². The van der Waals surface area contributed by atoms with Gasteiger partial charge in [-0.1, -0.05) is 48.0 Å². The molecule has 0 spiro atoms. The van der Waals surface area contributed by atoms with Gasteiger partial charge in [-0.2, -0.15) is 0 Å². The Morgan fingerprint density at radius 1 is 1.27 bits per heavy atom. The van der Waals surface area contributed by atoms with Gasteiger partial charge in [0.1, 0.15) is 5.75 Å². The molecular weight excluding hydrogens is 464 g/mol. The van der Waals surface area contributed by atoms with E-state index >= 15 is 0 Å². The topological polar surface area (TPSA) is 95.6 Å². The maximum atomic E-state index is 12.1. The van der Waals surface area contributed by atoms with Gasteiger partial charge < -0.3 is 21.3 Å². The van der Waals surface area contributed by atoms with Crippen molar-refractivity contribution < 1.29 is 15.0 Å². The molecular formula is C19H20Br2N2O3. The Bertz CT molecular complexity index is 851. The highest BCUT2D eigenvalue weighted by molar-refractivity contribution is 9.11. The van der Waals surface area contributed by atoms with Crippen LogP contribution >= 0.6 is 31.9 Å². The third-order valence-electron chi connectivity index (χ3n) is 3.94. The van der Waals surface area contributed by atoms with E-state index in [1.54, 1.807) is 56.3 Å². The number of hydrogen-bond donors (Lipinski definition) is 4. The molecule has 0 aliphatic heterocycles. The standard InChI is InChI=1S/C19H20Br2N2O3/c1-19(2,18(26)12-9-11(20)10-13(21)17(12)25)8-7-16(24)23-15-6-4-3-5-14(15)22/h3-10,18,25-26H,22H2,1-2H3,(H,23,24)/b8-7+/t18-/m0/s1. The number of carbonyl (C=O) groups is 1. The Morgan fingerprint density at radius 2 is 1.92 bits per heavy atom. The number of carbonyl (C=O) groups excluding carboxylic acids is 1. The van der Waals surface area contributed by atoms with Gasteiger partial charge in [0.2, 0.25) is 5.91 Å². The molecule has 0 unspecified atom stereocenters. The Kier molecular flexibility index (Phi) is 6.49. The number of hydrogen-bond acceptors (Lipinski definition) is 4. The van der Waals surface area contributed by atoms with Gasteiger partial charge in [0.15, 0.2) is 0 Å². The van der Waals surface area contributed by atoms with Crippen molar-refractivity contribution in [1.29, 1.82) is 0 Å². The van der Waals surface area contributed by atoms with E-state index < -0.39 is 11.5 Å². The highest BCUT2D eigenvalue weighted by Gasteiger charge is 2.29. The lowest BCUT2D eigenvalue weighted by Crippen LogP contribution is -2.21. The average Bonchev–Trinajstić information content (AvgIpc) is 2.58. The molecule has 2 aromatic rings. The predicted octanol–water partition coefficient (Wildman–Crippen LogP) is 4.75. The fourth-order valence-electron chi connectivity index (χ4n) is 2.36.